The van der Waals surface area contributed by atoms with Crippen molar-refractivity contribution in [1.82, 2.24) is 5.32 Å². The highest BCUT2D eigenvalue weighted by atomic mass is 16.5. The molecule has 0 fully saturated rings. The maximum atomic E-state index is 12.5. The van der Waals surface area contributed by atoms with Gasteiger partial charge >= 0.3 is 5.97 Å². The second-order valence-electron chi connectivity index (χ2n) is 24.2. The number of hydrogen-bond donors (Lipinski definition) is 3. The fourth-order valence-corrected chi connectivity index (χ4v) is 11.1. The Kier molecular flexibility index (Phi) is 65.4. The van der Waals surface area contributed by atoms with Crippen molar-refractivity contribution in [1.29, 1.82) is 0 Å². The van der Waals surface area contributed by atoms with E-state index in [1.807, 2.05) is 0 Å². The molecule has 0 saturated heterocycles. The van der Waals surface area contributed by atoms with Crippen LogP contribution in [0.25, 0.3) is 0 Å². The molecule has 0 aromatic heterocycles. The number of allylic oxidation sites excluding steroid dienone is 4. The largest absolute Gasteiger partial charge is 0.466 e. The number of aliphatic hydroxyl groups is 2. The quantitative estimate of drug-likeness (QED) is 0.0320. The fraction of sp³-hybridized carbons (Fsp3) is 0.915. The maximum absolute atomic E-state index is 12.5. The molecule has 0 aliphatic heterocycles. The Balaban J connectivity index is 3.38. The van der Waals surface area contributed by atoms with Crippen LogP contribution in [0.2, 0.25) is 0 Å². The zero-order valence-electron chi connectivity index (χ0n) is 52.2. The van der Waals surface area contributed by atoms with Crippen molar-refractivity contribution >= 4 is 11.9 Å². The summed E-state index contributed by atoms with van der Waals surface area (Å²) in [7, 11) is 0. The summed E-state index contributed by atoms with van der Waals surface area (Å²) in [6.07, 6.45) is 83.7. The number of rotatable bonds is 66. The van der Waals surface area contributed by atoms with Gasteiger partial charge in [-0.1, -0.05) is 334 Å². The summed E-state index contributed by atoms with van der Waals surface area (Å²) in [5.41, 5.74) is 0. The summed E-state index contributed by atoms with van der Waals surface area (Å²) in [6, 6.07) is -0.542. The van der Waals surface area contributed by atoms with Crippen LogP contribution >= 0.6 is 0 Å². The summed E-state index contributed by atoms with van der Waals surface area (Å²) in [5.74, 6) is -0.0252. The first-order valence-corrected chi connectivity index (χ1v) is 35.1. The van der Waals surface area contributed by atoms with Crippen LogP contribution in [0.3, 0.4) is 0 Å². The summed E-state index contributed by atoms with van der Waals surface area (Å²) >= 11 is 0. The number of esters is 1. The molecule has 77 heavy (non-hydrogen) atoms. The van der Waals surface area contributed by atoms with Crippen molar-refractivity contribution in [2.75, 3.05) is 13.2 Å². The van der Waals surface area contributed by atoms with Crippen LogP contribution in [0.4, 0.5) is 0 Å². The maximum Gasteiger partial charge on any atom is 0.305 e. The SMILES string of the molecule is CCCC/C=C\CCCCCCCC(=O)OCCCCCCCCCCCCCC/C=C\CCCCCCCCCCCCCCC(=O)NC(CO)C(O)CCCCCCCCCCCCCCCCCCCCCCC. The molecule has 6 heteroatoms. The average Bonchev–Trinajstić information content (AvgIpc) is 3.43. The molecular weight excluding hydrogens is 947 g/mol. The van der Waals surface area contributed by atoms with Gasteiger partial charge in [-0.2, -0.15) is 0 Å². The van der Waals surface area contributed by atoms with Gasteiger partial charge in [0.25, 0.3) is 0 Å². The summed E-state index contributed by atoms with van der Waals surface area (Å²) < 4.78 is 5.46. The lowest BCUT2D eigenvalue weighted by Crippen LogP contribution is -2.45. The van der Waals surface area contributed by atoms with Gasteiger partial charge in [0, 0.05) is 12.8 Å². The van der Waals surface area contributed by atoms with E-state index in [2.05, 4.69) is 43.5 Å². The minimum atomic E-state index is -0.665. The number of hydrogen-bond acceptors (Lipinski definition) is 5. The van der Waals surface area contributed by atoms with Gasteiger partial charge in [0.1, 0.15) is 0 Å². The molecule has 0 rings (SSSR count). The van der Waals surface area contributed by atoms with Crippen LogP contribution in [0.5, 0.6) is 0 Å². The Labute approximate surface area is 481 Å². The summed E-state index contributed by atoms with van der Waals surface area (Å²) in [5, 5.41) is 23.4. The predicted octanol–water partition coefficient (Wildman–Crippen LogP) is 22.5. The Morgan fingerprint density at radius 3 is 0.961 bits per heavy atom. The van der Waals surface area contributed by atoms with Crippen LogP contribution < -0.4 is 5.32 Å². The van der Waals surface area contributed by atoms with Gasteiger partial charge in [0.2, 0.25) is 5.91 Å². The van der Waals surface area contributed by atoms with E-state index < -0.39 is 12.1 Å². The van der Waals surface area contributed by atoms with Crippen LogP contribution in [-0.4, -0.2) is 47.4 Å². The van der Waals surface area contributed by atoms with Gasteiger partial charge < -0.3 is 20.3 Å². The molecule has 2 atom stereocenters. The van der Waals surface area contributed by atoms with Crippen LogP contribution in [-0.2, 0) is 14.3 Å². The van der Waals surface area contributed by atoms with E-state index in [1.165, 1.54) is 315 Å². The van der Waals surface area contributed by atoms with E-state index in [-0.39, 0.29) is 18.5 Å². The van der Waals surface area contributed by atoms with Crippen LogP contribution in [0, 0.1) is 0 Å². The molecule has 0 aromatic carbocycles. The van der Waals surface area contributed by atoms with Crippen molar-refractivity contribution in [2.24, 2.45) is 0 Å². The molecule has 0 aromatic rings. The molecule has 1 amide bonds. The van der Waals surface area contributed by atoms with Crippen LogP contribution in [0.15, 0.2) is 24.3 Å². The molecule has 3 N–H and O–H groups in total. The number of carbonyl (C=O) groups excluding carboxylic acids is 2. The Hall–Kier alpha value is -1.66. The molecule has 0 bridgehead atoms. The molecule has 0 radical (unpaired) electrons. The zero-order chi connectivity index (χ0) is 55.7. The highest BCUT2D eigenvalue weighted by Gasteiger charge is 2.20. The molecule has 0 spiro atoms. The van der Waals surface area contributed by atoms with E-state index in [0.29, 0.717) is 25.9 Å². The van der Waals surface area contributed by atoms with Gasteiger partial charge in [-0.3, -0.25) is 9.59 Å². The predicted molar refractivity (Wildman–Crippen MR) is 338 cm³/mol. The topological polar surface area (TPSA) is 95.9 Å². The number of carbonyl (C=O) groups is 2. The first kappa shape index (κ1) is 75.3. The van der Waals surface area contributed by atoms with Gasteiger partial charge in [-0.05, 0) is 70.6 Å². The minimum absolute atomic E-state index is 0.00531. The van der Waals surface area contributed by atoms with Crippen LogP contribution in [0.1, 0.15) is 393 Å². The highest BCUT2D eigenvalue weighted by molar-refractivity contribution is 5.76. The molecule has 2 unspecified atom stereocenters. The number of amides is 1. The second-order valence-corrected chi connectivity index (χ2v) is 24.2. The number of nitrogens with one attached hydrogen (secondary N) is 1. The standard InChI is InChI=1S/C71H137NO5/c1-3-5-7-9-11-13-15-16-17-18-19-28-31-34-37-40-44-47-51-55-59-63-69(74)68(67-73)72-70(75)64-60-56-52-48-45-41-38-35-32-29-26-24-22-20-21-23-25-27-30-33-36-39-42-46-50-54-58-62-66-77-71(76)65-61-57-53-49-43-14-12-10-8-6-4-2/h10,12,20-21,68-69,73-74H,3-9,11,13-19,22-67H2,1-2H3,(H,72,75)/b12-10-,21-20-. The van der Waals surface area contributed by atoms with E-state index in [0.717, 1.165) is 44.9 Å². The fourth-order valence-electron chi connectivity index (χ4n) is 11.1. The molecule has 0 heterocycles. The summed E-state index contributed by atoms with van der Waals surface area (Å²) in [6.45, 7) is 4.95. The Bertz CT molecular complexity index is 1200. The van der Waals surface area contributed by atoms with E-state index >= 15 is 0 Å². The smallest absolute Gasteiger partial charge is 0.305 e. The normalized spacial score (nSPS) is 12.6. The number of ether oxygens (including phenoxy) is 1. The highest BCUT2D eigenvalue weighted by Crippen LogP contribution is 2.19. The molecule has 6 nitrogen and oxygen atoms in total. The first-order chi connectivity index (χ1) is 38.0. The average molecular weight is 1080 g/mol. The van der Waals surface area contributed by atoms with Gasteiger partial charge in [-0.25, -0.2) is 0 Å². The lowest BCUT2D eigenvalue weighted by molar-refractivity contribution is -0.143. The lowest BCUT2D eigenvalue weighted by atomic mass is 10.0. The van der Waals surface area contributed by atoms with E-state index in [9.17, 15) is 19.8 Å². The molecule has 0 saturated carbocycles. The monoisotopic (exact) mass is 1080 g/mol. The molecule has 456 valence electrons. The van der Waals surface area contributed by atoms with E-state index in [4.69, 9.17) is 4.74 Å². The Morgan fingerprint density at radius 2 is 0.623 bits per heavy atom. The van der Waals surface area contributed by atoms with Crippen molar-refractivity contribution in [3.05, 3.63) is 24.3 Å². The molecule has 0 aliphatic carbocycles. The lowest BCUT2D eigenvalue weighted by Gasteiger charge is -2.22. The zero-order valence-corrected chi connectivity index (χ0v) is 52.2. The third kappa shape index (κ3) is 63.4. The number of unbranched alkanes of at least 4 members (excludes halogenated alkanes) is 51. The van der Waals surface area contributed by atoms with Crippen molar-refractivity contribution in [2.45, 2.75) is 405 Å². The van der Waals surface area contributed by atoms with Gasteiger partial charge in [0.15, 0.2) is 0 Å². The second kappa shape index (κ2) is 66.8. The minimum Gasteiger partial charge on any atom is -0.466 e. The molecule has 0 aliphatic rings. The molecular formula is C71H137NO5. The van der Waals surface area contributed by atoms with Crippen molar-refractivity contribution < 1.29 is 24.5 Å². The number of aliphatic hydroxyl groups excluding tert-OH is 2. The van der Waals surface area contributed by atoms with Gasteiger partial charge in [0.05, 0.1) is 25.4 Å². The van der Waals surface area contributed by atoms with Crippen molar-refractivity contribution in [3.8, 4) is 0 Å². The Morgan fingerprint density at radius 1 is 0.351 bits per heavy atom. The van der Waals surface area contributed by atoms with Gasteiger partial charge in [-0.15, -0.1) is 0 Å². The first-order valence-electron chi connectivity index (χ1n) is 35.1. The van der Waals surface area contributed by atoms with Crippen molar-refractivity contribution in [3.63, 3.8) is 0 Å². The third-order valence-corrected chi connectivity index (χ3v) is 16.5. The summed E-state index contributed by atoms with van der Waals surface area (Å²) in [4.78, 5) is 24.5. The van der Waals surface area contributed by atoms with E-state index in [1.54, 1.807) is 0 Å². The third-order valence-electron chi connectivity index (χ3n) is 16.5.